The fraction of sp³-hybridized carbons (Fsp3) is 0. The van der Waals surface area contributed by atoms with Crippen molar-refractivity contribution < 1.29 is 131 Å². The topological polar surface area (TPSA) is 277 Å². The van der Waals surface area contributed by atoms with E-state index in [1.54, 1.807) is 0 Å². The molecule has 0 rings (SSSR count). The zero-order valence-corrected chi connectivity index (χ0v) is 14.8. The zero-order valence-electron chi connectivity index (χ0n) is 6.91. The molecule has 0 N–H and O–H groups in total. The fourth-order valence-corrected chi connectivity index (χ4v) is 0. The van der Waals surface area contributed by atoms with Crippen LogP contribution in [0.4, 0.5) is 0 Å². The van der Waals surface area contributed by atoms with Crippen molar-refractivity contribution in [3.63, 3.8) is 0 Å². The van der Waals surface area contributed by atoms with Gasteiger partial charge < -0.3 is 50.4 Å². The smallest absolute Gasteiger partial charge is 0.405 e. The van der Waals surface area contributed by atoms with Crippen LogP contribution >= 0.6 is 0 Å². The van der Waals surface area contributed by atoms with Crippen molar-refractivity contribution in [2.75, 3.05) is 0 Å². The van der Waals surface area contributed by atoms with Crippen LogP contribution in [0.25, 0.3) is 0 Å². The molecule has 0 heterocycles. The Morgan fingerprint density at radius 1 is 0.294 bits per heavy atom. The Morgan fingerprint density at radius 3 is 0.294 bits per heavy atom. The SMILES string of the molecule is [O-][Br+2]([O-])[O-].[O-][Br+2]([O-])[O-].[O-][Br+2]([O-])[O-].[O-][Br+2]([O-])[O-].[Ti+4]. The summed E-state index contributed by atoms with van der Waals surface area (Å²) in [6.45, 7) is 0. The molecule has 0 aliphatic heterocycles. The molecule has 0 saturated carbocycles. The molecule has 17 heteroatoms. The Hall–Kier alpha value is 2.15. The van der Waals surface area contributed by atoms with Gasteiger partial charge in [-0.3, -0.25) is 0 Å². The van der Waals surface area contributed by atoms with Crippen molar-refractivity contribution in [2.24, 2.45) is 0 Å². The summed E-state index contributed by atoms with van der Waals surface area (Å²) in [6.07, 6.45) is 0. The Morgan fingerprint density at radius 2 is 0.294 bits per heavy atom. The predicted octanol–water partition coefficient (Wildman–Crippen LogP) is -14.3. The molecule has 0 aliphatic rings. The van der Waals surface area contributed by atoms with Crippen LogP contribution in [0, 0.1) is 59.3 Å². The number of hydrogen-bond acceptors (Lipinski definition) is 12. The van der Waals surface area contributed by atoms with Crippen molar-refractivity contribution in [1.29, 1.82) is 0 Å². The molecule has 0 aliphatic carbocycles. The number of rotatable bonds is 0. The van der Waals surface area contributed by atoms with Gasteiger partial charge in [-0.15, -0.1) is 0 Å². The van der Waals surface area contributed by atoms with E-state index in [4.69, 9.17) is 50.4 Å². The molecular formula is Br4O12Ti. The summed E-state index contributed by atoms with van der Waals surface area (Å²) in [5.41, 5.74) is 0. The maximum absolute atomic E-state index is 8.52. The van der Waals surface area contributed by atoms with Gasteiger partial charge in [0.05, 0.1) is 0 Å². The molecule has 12 nitrogen and oxygen atoms in total. The van der Waals surface area contributed by atoms with E-state index in [-0.39, 0.29) is 21.7 Å². The van der Waals surface area contributed by atoms with Crippen LogP contribution in [0.15, 0.2) is 0 Å². The summed E-state index contributed by atoms with van der Waals surface area (Å²) in [5.74, 6) is 0. The minimum Gasteiger partial charge on any atom is -0.405 e. The molecule has 0 amide bonds. The second-order valence-corrected chi connectivity index (χ2v) is 3.93. The van der Waals surface area contributed by atoms with Gasteiger partial charge in [0.15, 0.2) is 0 Å². The number of halogens is 4. The average molecular weight is 559 g/mol. The van der Waals surface area contributed by atoms with E-state index >= 15 is 0 Å². The molecule has 0 saturated heterocycles. The third-order valence-electron chi connectivity index (χ3n) is 0. The summed E-state index contributed by atoms with van der Waals surface area (Å²) in [5, 5.41) is 0. The normalized spacial score (nSPS) is 8.47. The maximum atomic E-state index is 8.52. The summed E-state index contributed by atoms with van der Waals surface area (Å²) in [6, 6.07) is 0. The van der Waals surface area contributed by atoms with E-state index in [0.29, 0.717) is 0 Å². The molecule has 0 spiro atoms. The molecule has 0 unspecified atom stereocenters. The third kappa shape index (κ3) is 1020. The van der Waals surface area contributed by atoms with Gasteiger partial charge in [0.25, 0.3) is 0 Å². The third-order valence-corrected chi connectivity index (χ3v) is 0. The van der Waals surface area contributed by atoms with Gasteiger partial charge in [0.2, 0.25) is 59.3 Å². The molecular weight excluding hydrogens is 559 g/mol. The second-order valence-electron chi connectivity index (χ2n) is 0.756. The molecule has 0 radical (unpaired) electrons. The largest absolute Gasteiger partial charge is 4.00 e. The van der Waals surface area contributed by atoms with E-state index in [9.17, 15) is 0 Å². The summed E-state index contributed by atoms with van der Waals surface area (Å²) >= 11 is -14.6. The average Bonchev–Trinajstić information content (AvgIpc) is 1.76. The van der Waals surface area contributed by atoms with Gasteiger partial charge >= 0.3 is 21.7 Å². The first kappa shape index (κ1) is 31.5. The van der Waals surface area contributed by atoms with E-state index in [1.165, 1.54) is 0 Å². The van der Waals surface area contributed by atoms with Crippen molar-refractivity contribution in [2.45, 2.75) is 0 Å². The van der Waals surface area contributed by atoms with Gasteiger partial charge in [0, 0.05) is 0 Å². The summed E-state index contributed by atoms with van der Waals surface area (Å²) in [7, 11) is 0. The standard InChI is InChI=1S/4BrO3.Ti/c4*2-1(3)4;/q4*-1;+4. The first-order valence-corrected chi connectivity index (χ1v) is 9.62. The van der Waals surface area contributed by atoms with Gasteiger partial charge in [-0.25, -0.2) is 0 Å². The minimum absolute atomic E-state index is 0. The van der Waals surface area contributed by atoms with Crippen LogP contribution in [0.5, 0.6) is 0 Å². The molecule has 0 bridgehead atoms. The molecule has 104 valence electrons. The van der Waals surface area contributed by atoms with Gasteiger partial charge in [0.1, 0.15) is 0 Å². The van der Waals surface area contributed by atoms with E-state index < -0.39 is 59.3 Å². The Labute approximate surface area is 130 Å². The van der Waals surface area contributed by atoms with E-state index in [0.717, 1.165) is 0 Å². The van der Waals surface area contributed by atoms with Crippen molar-refractivity contribution in [3.05, 3.63) is 0 Å². The van der Waals surface area contributed by atoms with E-state index in [1.807, 2.05) is 0 Å². The predicted molar refractivity (Wildman–Crippen MR) is 0 cm³/mol. The molecule has 0 fully saturated rings. The van der Waals surface area contributed by atoms with Crippen molar-refractivity contribution in [1.82, 2.24) is 0 Å². The van der Waals surface area contributed by atoms with Crippen molar-refractivity contribution in [3.8, 4) is 0 Å². The van der Waals surface area contributed by atoms with Gasteiger partial charge in [-0.2, -0.15) is 0 Å². The van der Waals surface area contributed by atoms with E-state index in [2.05, 4.69) is 0 Å². The van der Waals surface area contributed by atoms with Crippen LogP contribution in [0.3, 0.4) is 0 Å². The first-order chi connectivity index (χ1) is 6.93. The summed E-state index contributed by atoms with van der Waals surface area (Å²) < 4.78 is 102. The van der Waals surface area contributed by atoms with Crippen molar-refractivity contribution >= 4 is 0 Å². The zero-order chi connectivity index (χ0) is 14.3. The molecule has 0 aromatic rings. The number of hydrogen-bond donors (Lipinski definition) is 0. The Kier molecular flexibility index (Phi) is 49.4. The fourth-order valence-electron chi connectivity index (χ4n) is 0. The minimum atomic E-state index is -3.65. The molecule has 17 heavy (non-hydrogen) atoms. The molecule has 0 atom stereocenters. The van der Waals surface area contributed by atoms with Crippen LogP contribution in [0.1, 0.15) is 0 Å². The second kappa shape index (κ2) is 26.7. The van der Waals surface area contributed by atoms with Gasteiger partial charge in [-0.1, -0.05) is 0 Å². The van der Waals surface area contributed by atoms with Crippen LogP contribution in [-0.4, -0.2) is 0 Å². The van der Waals surface area contributed by atoms with Crippen LogP contribution in [0.2, 0.25) is 0 Å². The van der Waals surface area contributed by atoms with Crippen LogP contribution in [-0.2, 0) is 21.7 Å². The molecule has 0 aromatic carbocycles. The first-order valence-electron chi connectivity index (χ1n) is 1.85. The Bertz CT molecular complexity index is 61.5. The molecule has 0 aromatic heterocycles. The Balaban J connectivity index is -0.0000000369. The van der Waals surface area contributed by atoms with Gasteiger partial charge in [-0.05, 0) is 0 Å². The monoisotopic (exact) mass is 556 g/mol. The quantitative estimate of drug-likeness (QED) is 0.250. The summed E-state index contributed by atoms with van der Waals surface area (Å²) in [4.78, 5) is 0. The van der Waals surface area contributed by atoms with Crippen LogP contribution < -0.4 is 50.4 Å². The maximum Gasteiger partial charge on any atom is 4.00 e.